The van der Waals surface area contributed by atoms with Crippen LogP contribution in [0.5, 0.6) is 0 Å². The van der Waals surface area contributed by atoms with Crippen LogP contribution in [0.25, 0.3) is 0 Å². The van der Waals surface area contributed by atoms with E-state index in [1.54, 1.807) is 30.6 Å². The molecule has 0 atom stereocenters. The lowest BCUT2D eigenvalue weighted by Gasteiger charge is -2.11. The van der Waals surface area contributed by atoms with Gasteiger partial charge in [0, 0.05) is 43.8 Å². The van der Waals surface area contributed by atoms with Crippen molar-refractivity contribution in [2.45, 2.75) is 6.92 Å². The molecule has 0 aliphatic rings. The van der Waals surface area contributed by atoms with Gasteiger partial charge in [-0.2, -0.15) is 0 Å². The second-order valence-corrected chi connectivity index (χ2v) is 3.29. The van der Waals surface area contributed by atoms with Gasteiger partial charge < -0.3 is 4.90 Å². The van der Waals surface area contributed by atoms with Crippen molar-refractivity contribution < 1.29 is 4.79 Å². The van der Waals surface area contributed by atoms with E-state index in [1.165, 1.54) is 0 Å². The minimum Gasteiger partial charge on any atom is -0.381 e. The first-order chi connectivity index (χ1) is 6.61. The van der Waals surface area contributed by atoms with Gasteiger partial charge >= 0.3 is 0 Å². The van der Waals surface area contributed by atoms with Gasteiger partial charge in [0.2, 0.25) is 0 Å². The molecule has 1 rings (SSSR count). The molecule has 0 saturated carbocycles. The number of aromatic nitrogens is 1. The minimum atomic E-state index is -0.00991. The van der Waals surface area contributed by atoms with Crippen molar-refractivity contribution in [3.8, 4) is 0 Å². The van der Waals surface area contributed by atoms with Crippen LogP contribution in [0.4, 0.5) is 0 Å². The number of allylic oxidation sites excluding steroid dienone is 2. The van der Waals surface area contributed by atoms with Crippen LogP contribution in [-0.2, 0) is 0 Å². The van der Waals surface area contributed by atoms with Crippen LogP contribution in [0, 0.1) is 0 Å². The standard InChI is InChI=1S/C11H14N2O/c1-9(13(2)3)7-11(14)10-5-4-6-12-8-10/h4-8H,1-3H3. The quantitative estimate of drug-likeness (QED) is 0.537. The van der Waals surface area contributed by atoms with Crippen molar-refractivity contribution >= 4 is 5.78 Å². The Kier molecular flexibility index (Phi) is 3.40. The summed E-state index contributed by atoms with van der Waals surface area (Å²) in [6.07, 6.45) is 4.83. The van der Waals surface area contributed by atoms with Crippen LogP contribution in [0.3, 0.4) is 0 Å². The van der Waals surface area contributed by atoms with Gasteiger partial charge in [0.15, 0.2) is 5.78 Å². The lowest BCUT2D eigenvalue weighted by molar-refractivity contribution is 0.104. The maximum atomic E-state index is 11.6. The van der Waals surface area contributed by atoms with Crippen LogP contribution < -0.4 is 0 Å². The summed E-state index contributed by atoms with van der Waals surface area (Å²) in [4.78, 5) is 17.4. The van der Waals surface area contributed by atoms with Gasteiger partial charge in [-0.25, -0.2) is 0 Å². The van der Waals surface area contributed by atoms with Crippen LogP contribution in [0.2, 0.25) is 0 Å². The molecule has 3 heteroatoms. The summed E-state index contributed by atoms with van der Waals surface area (Å²) in [5.74, 6) is -0.00991. The SMILES string of the molecule is CC(=CC(=O)c1cccnc1)N(C)C. The topological polar surface area (TPSA) is 33.2 Å². The highest BCUT2D eigenvalue weighted by Gasteiger charge is 2.02. The third-order valence-corrected chi connectivity index (χ3v) is 1.99. The third kappa shape index (κ3) is 2.69. The Morgan fingerprint density at radius 2 is 2.21 bits per heavy atom. The zero-order valence-electron chi connectivity index (χ0n) is 8.69. The summed E-state index contributed by atoms with van der Waals surface area (Å²) in [7, 11) is 3.81. The number of carbonyl (C=O) groups is 1. The van der Waals surface area contributed by atoms with E-state index >= 15 is 0 Å². The Morgan fingerprint density at radius 3 is 2.71 bits per heavy atom. The van der Waals surface area contributed by atoms with Gasteiger partial charge in [-0.05, 0) is 19.1 Å². The van der Waals surface area contributed by atoms with E-state index in [9.17, 15) is 4.79 Å². The number of nitrogens with zero attached hydrogens (tertiary/aromatic N) is 2. The van der Waals surface area contributed by atoms with Gasteiger partial charge in [0.25, 0.3) is 0 Å². The van der Waals surface area contributed by atoms with Crippen molar-refractivity contribution in [2.75, 3.05) is 14.1 Å². The number of rotatable bonds is 3. The predicted molar refractivity (Wildman–Crippen MR) is 56.0 cm³/mol. The fraction of sp³-hybridized carbons (Fsp3) is 0.273. The Hall–Kier alpha value is -1.64. The van der Waals surface area contributed by atoms with E-state index in [4.69, 9.17) is 0 Å². The predicted octanol–water partition coefficient (Wildman–Crippen LogP) is 1.73. The maximum absolute atomic E-state index is 11.6. The monoisotopic (exact) mass is 190 g/mol. The van der Waals surface area contributed by atoms with Gasteiger partial charge in [0.1, 0.15) is 0 Å². The highest BCUT2D eigenvalue weighted by Crippen LogP contribution is 2.03. The molecule has 0 unspecified atom stereocenters. The van der Waals surface area contributed by atoms with Crippen molar-refractivity contribution in [1.82, 2.24) is 9.88 Å². The Bertz CT molecular complexity index is 342. The number of hydrogen-bond acceptors (Lipinski definition) is 3. The molecule has 0 bridgehead atoms. The van der Waals surface area contributed by atoms with E-state index in [1.807, 2.05) is 25.9 Å². The molecule has 0 amide bonds. The van der Waals surface area contributed by atoms with Crippen LogP contribution in [0.1, 0.15) is 17.3 Å². The summed E-state index contributed by atoms with van der Waals surface area (Å²) < 4.78 is 0. The lowest BCUT2D eigenvalue weighted by Crippen LogP contribution is -2.10. The maximum Gasteiger partial charge on any atom is 0.189 e. The van der Waals surface area contributed by atoms with Crippen LogP contribution >= 0.6 is 0 Å². The van der Waals surface area contributed by atoms with E-state index in [2.05, 4.69) is 4.98 Å². The molecule has 0 radical (unpaired) electrons. The van der Waals surface area contributed by atoms with Crippen LogP contribution in [-0.4, -0.2) is 29.8 Å². The Morgan fingerprint density at radius 1 is 1.50 bits per heavy atom. The molecule has 1 heterocycles. The smallest absolute Gasteiger partial charge is 0.189 e. The first-order valence-corrected chi connectivity index (χ1v) is 4.41. The molecule has 1 aromatic rings. The van der Waals surface area contributed by atoms with Crippen molar-refractivity contribution in [2.24, 2.45) is 0 Å². The van der Waals surface area contributed by atoms with E-state index in [0.717, 1.165) is 5.70 Å². The number of hydrogen-bond donors (Lipinski definition) is 0. The molecule has 3 nitrogen and oxygen atoms in total. The van der Waals surface area contributed by atoms with Gasteiger partial charge in [-0.3, -0.25) is 9.78 Å². The molecule has 0 saturated heterocycles. The highest BCUT2D eigenvalue weighted by atomic mass is 16.1. The molecule has 0 spiro atoms. The Balaban J connectivity index is 2.83. The molecule has 0 aliphatic carbocycles. The van der Waals surface area contributed by atoms with E-state index in [0.29, 0.717) is 5.56 Å². The number of pyridine rings is 1. The number of carbonyl (C=O) groups excluding carboxylic acids is 1. The molecular weight excluding hydrogens is 176 g/mol. The second-order valence-electron chi connectivity index (χ2n) is 3.29. The van der Waals surface area contributed by atoms with E-state index in [-0.39, 0.29) is 5.78 Å². The molecule has 0 fully saturated rings. The third-order valence-electron chi connectivity index (χ3n) is 1.99. The molecule has 14 heavy (non-hydrogen) atoms. The molecule has 0 aromatic carbocycles. The van der Waals surface area contributed by atoms with Crippen molar-refractivity contribution in [3.05, 3.63) is 41.9 Å². The molecule has 74 valence electrons. The first-order valence-electron chi connectivity index (χ1n) is 4.41. The van der Waals surface area contributed by atoms with E-state index < -0.39 is 0 Å². The van der Waals surface area contributed by atoms with Crippen LogP contribution in [0.15, 0.2) is 36.3 Å². The molecule has 0 N–H and O–H groups in total. The van der Waals surface area contributed by atoms with Gasteiger partial charge in [-0.1, -0.05) is 0 Å². The molecule has 1 aromatic heterocycles. The average molecular weight is 190 g/mol. The first kappa shape index (κ1) is 10.4. The average Bonchev–Trinajstić information content (AvgIpc) is 2.19. The number of ketones is 1. The fourth-order valence-corrected chi connectivity index (χ4v) is 0.911. The van der Waals surface area contributed by atoms with Gasteiger partial charge in [0.05, 0.1) is 0 Å². The molecular formula is C11H14N2O. The molecule has 0 aliphatic heterocycles. The summed E-state index contributed by atoms with van der Waals surface area (Å²) in [5, 5.41) is 0. The fourth-order valence-electron chi connectivity index (χ4n) is 0.911. The highest BCUT2D eigenvalue weighted by molar-refractivity contribution is 6.04. The Labute approximate surface area is 84.1 Å². The van der Waals surface area contributed by atoms with Crippen molar-refractivity contribution in [1.29, 1.82) is 0 Å². The normalized spacial score (nSPS) is 11.2. The zero-order valence-corrected chi connectivity index (χ0v) is 8.69. The van der Waals surface area contributed by atoms with Gasteiger partial charge in [-0.15, -0.1) is 0 Å². The zero-order chi connectivity index (χ0) is 10.6. The second kappa shape index (κ2) is 4.56. The van der Waals surface area contributed by atoms with Crippen molar-refractivity contribution in [3.63, 3.8) is 0 Å². The summed E-state index contributed by atoms with van der Waals surface area (Å²) >= 11 is 0. The lowest BCUT2D eigenvalue weighted by atomic mass is 10.1. The largest absolute Gasteiger partial charge is 0.381 e. The summed E-state index contributed by atoms with van der Waals surface area (Å²) in [6, 6.07) is 3.51. The summed E-state index contributed by atoms with van der Waals surface area (Å²) in [5.41, 5.74) is 1.55. The minimum absolute atomic E-state index is 0.00991. The summed E-state index contributed by atoms with van der Waals surface area (Å²) in [6.45, 7) is 1.90.